The molecule has 2 fully saturated rings. The second-order valence-electron chi connectivity index (χ2n) is 7.51. The SMILES string of the molecule is COc1ccc(C[NH+]2CCC([NH+]3CCCCC3)CC2)c(OC)c1C. The number of hydrogen-bond donors (Lipinski definition) is 2. The van der Waals surface area contributed by atoms with Crippen molar-refractivity contribution in [2.24, 2.45) is 0 Å². The predicted octanol–water partition coefficient (Wildman–Crippen LogP) is 0.628. The fourth-order valence-electron chi connectivity index (χ4n) is 4.67. The molecule has 3 rings (SSSR count). The van der Waals surface area contributed by atoms with Crippen molar-refractivity contribution >= 4 is 0 Å². The van der Waals surface area contributed by atoms with Crippen molar-refractivity contribution in [2.45, 2.75) is 51.6 Å². The van der Waals surface area contributed by atoms with Crippen molar-refractivity contribution in [2.75, 3.05) is 40.4 Å². The highest BCUT2D eigenvalue weighted by molar-refractivity contribution is 5.48. The van der Waals surface area contributed by atoms with Crippen LogP contribution in [0.5, 0.6) is 11.5 Å². The van der Waals surface area contributed by atoms with Crippen molar-refractivity contribution in [3.63, 3.8) is 0 Å². The summed E-state index contributed by atoms with van der Waals surface area (Å²) in [5.41, 5.74) is 2.43. The highest BCUT2D eigenvalue weighted by atomic mass is 16.5. The molecule has 4 heteroatoms. The summed E-state index contributed by atoms with van der Waals surface area (Å²) >= 11 is 0. The quantitative estimate of drug-likeness (QED) is 0.826. The summed E-state index contributed by atoms with van der Waals surface area (Å²) in [6.45, 7) is 8.56. The molecule has 0 amide bonds. The van der Waals surface area contributed by atoms with Crippen molar-refractivity contribution in [1.82, 2.24) is 0 Å². The highest BCUT2D eigenvalue weighted by Crippen LogP contribution is 2.30. The number of rotatable bonds is 5. The molecule has 1 aromatic carbocycles. The third-order valence-corrected chi connectivity index (χ3v) is 6.07. The number of quaternary nitrogens is 2. The molecule has 134 valence electrons. The average Bonchev–Trinajstić information content (AvgIpc) is 2.63. The number of nitrogens with one attached hydrogen (secondary N) is 2. The molecule has 1 aromatic rings. The summed E-state index contributed by atoms with van der Waals surface area (Å²) in [7, 11) is 3.49. The van der Waals surface area contributed by atoms with Crippen LogP contribution in [0.25, 0.3) is 0 Å². The first-order valence-electron chi connectivity index (χ1n) is 9.61. The number of hydrogen-bond acceptors (Lipinski definition) is 2. The standard InChI is InChI=1S/C20H32N2O2/c1-16-19(23-2)8-7-17(20(16)24-3)15-21-13-9-18(10-14-21)22-11-5-4-6-12-22/h7-8,18H,4-6,9-15H2,1-3H3/p+2. The smallest absolute Gasteiger partial charge is 0.134 e. The minimum Gasteiger partial charge on any atom is -0.496 e. The monoisotopic (exact) mass is 334 g/mol. The molecule has 0 aromatic heterocycles. The van der Waals surface area contributed by atoms with Gasteiger partial charge in [-0.25, -0.2) is 0 Å². The van der Waals surface area contributed by atoms with E-state index in [1.54, 1.807) is 19.1 Å². The maximum atomic E-state index is 5.68. The first-order valence-corrected chi connectivity index (χ1v) is 9.61. The number of likely N-dealkylation sites (tertiary alicyclic amines) is 2. The number of piperidine rings is 2. The first kappa shape index (κ1) is 17.6. The second-order valence-corrected chi connectivity index (χ2v) is 7.51. The molecule has 2 saturated heterocycles. The van der Waals surface area contributed by atoms with Gasteiger partial charge in [0.25, 0.3) is 0 Å². The molecule has 0 unspecified atom stereocenters. The van der Waals surface area contributed by atoms with Gasteiger partial charge < -0.3 is 19.3 Å². The maximum Gasteiger partial charge on any atom is 0.134 e. The Labute approximate surface area is 146 Å². The van der Waals surface area contributed by atoms with Gasteiger partial charge in [-0.15, -0.1) is 0 Å². The molecule has 0 saturated carbocycles. The Kier molecular flexibility index (Phi) is 6.01. The van der Waals surface area contributed by atoms with Gasteiger partial charge in [0, 0.05) is 24.0 Å². The van der Waals surface area contributed by atoms with Gasteiger partial charge in [0.2, 0.25) is 0 Å². The summed E-state index contributed by atoms with van der Waals surface area (Å²) in [6.07, 6.45) is 7.07. The van der Waals surface area contributed by atoms with Crippen LogP contribution >= 0.6 is 0 Å². The van der Waals surface area contributed by atoms with Crippen molar-refractivity contribution in [1.29, 1.82) is 0 Å². The van der Waals surface area contributed by atoms with E-state index in [0.29, 0.717) is 0 Å². The molecule has 0 bridgehead atoms. The summed E-state index contributed by atoms with van der Waals surface area (Å²) in [5, 5.41) is 0. The average molecular weight is 335 g/mol. The van der Waals surface area contributed by atoms with E-state index in [9.17, 15) is 0 Å². The molecule has 2 heterocycles. The fraction of sp³-hybridized carbons (Fsp3) is 0.700. The highest BCUT2D eigenvalue weighted by Gasteiger charge is 2.31. The van der Waals surface area contributed by atoms with E-state index in [1.807, 2.05) is 4.90 Å². The van der Waals surface area contributed by atoms with Crippen LogP contribution in [0.1, 0.15) is 43.2 Å². The lowest BCUT2D eigenvalue weighted by Crippen LogP contribution is -3.20. The van der Waals surface area contributed by atoms with Crippen molar-refractivity contribution in [3.8, 4) is 11.5 Å². The molecule has 2 aliphatic heterocycles. The molecule has 24 heavy (non-hydrogen) atoms. The third-order valence-electron chi connectivity index (χ3n) is 6.07. The Morgan fingerprint density at radius 3 is 2.29 bits per heavy atom. The van der Waals surface area contributed by atoms with Crippen LogP contribution in [0.4, 0.5) is 0 Å². The van der Waals surface area contributed by atoms with E-state index in [0.717, 1.165) is 29.6 Å². The lowest BCUT2D eigenvalue weighted by Gasteiger charge is -2.36. The van der Waals surface area contributed by atoms with Crippen LogP contribution in [0.15, 0.2) is 12.1 Å². The van der Waals surface area contributed by atoms with Crippen molar-refractivity contribution < 1.29 is 19.3 Å². The normalized spacial score (nSPS) is 25.5. The van der Waals surface area contributed by atoms with Crippen LogP contribution in [0.3, 0.4) is 0 Å². The lowest BCUT2D eigenvalue weighted by molar-refractivity contribution is -0.965. The van der Waals surface area contributed by atoms with Crippen LogP contribution < -0.4 is 19.3 Å². The van der Waals surface area contributed by atoms with E-state index in [4.69, 9.17) is 9.47 Å². The van der Waals surface area contributed by atoms with Gasteiger partial charge in [0.1, 0.15) is 18.0 Å². The zero-order valence-electron chi connectivity index (χ0n) is 15.6. The molecular formula is C20H34N2O2+2. The Bertz CT molecular complexity index is 533. The van der Waals surface area contributed by atoms with Gasteiger partial charge in [0.15, 0.2) is 0 Å². The summed E-state index contributed by atoms with van der Waals surface area (Å²) < 4.78 is 11.1. The summed E-state index contributed by atoms with van der Waals surface area (Å²) in [4.78, 5) is 3.59. The van der Waals surface area contributed by atoms with Gasteiger partial charge >= 0.3 is 0 Å². The van der Waals surface area contributed by atoms with E-state index in [-0.39, 0.29) is 0 Å². The van der Waals surface area contributed by atoms with E-state index < -0.39 is 0 Å². The van der Waals surface area contributed by atoms with E-state index in [1.165, 1.54) is 63.8 Å². The zero-order chi connectivity index (χ0) is 16.9. The largest absolute Gasteiger partial charge is 0.496 e. The molecule has 0 atom stereocenters. The Hall–Kier alpha value is -1.26. The van der Waals surface area contributed by atoms with Crippen LogP contribution in [-0.4, -0.2) is 46.4 Å². The van der Waals surface area contributed by atoms with Gasteiger partial charge in [-0.3, -0.25) is 0 Å². The van der Waals surface area contributed by atoms with E-state index in [2.05, 4.69) is 19.1 Å². The van der Waals surface area contributed by atoms with Crippen molar-refractivity contribution in [3.05, 3.63) is 23.3 Å². The summed E-state index contributed by atoms with van der Waals surface area (Å²) in [6, 6.07) is 5.17. The van der Waals surface area contributed by atoms with E-state index >= 15 is 0 Å². The first-order chi connectivity index (χ1) is 11.7. The topological polar surface area (TPSA) is 27.3 Å². The molecule has 4 nitrogen and oxygen atoms in total. The second kappa shape index (κ2) is 8.21. The number of benzene rings is 1. The Balaban J connectivity index is 1.59. The zero-order valence-corrected chi connectivity index (χ0v) is 15.6. The molecule has 0 spiro atoms. The third kappa shape index (κ3) is 3.86. The molecular weight excluding hydrogens is 300 g/mol. The Morgan fingerprint density at radius 1 is 0.958 bits per heavy atom. The van der Waals surface area contributed by atoms with Crippen LogP contribution in [-0.2, 0) is 6.54 Å². The fourth-order valence-corrected chi connectivity index (χ4v) is 4.67. The molecule has 0 aliphatic carbocycles. The maximum absolute atomic E-state index is 5.68. The van der Waals surface area contributed by atoms with Crippen LogP contribution in [0, 0.1) is 6.92 Å². The minimum absolute atomic E-state index is 0.911. The number of ether oxygens (including phenoxy) is 2. The van der Waals surface area contributed by atoms with Gasteiger partial charge in [-0.05, 0) is 38.3 Å². The van der Waals surface area contributed by atoms with Gasteiger partial charge in [-0.2, -0.15) is 0 Å². The van der Waals surface area contributed by atoms with Crippen LogP contribution in [0.2, 0.25) is 0 Å². The Morgan fingerprint density at radius 2 is 1.67 bits per heavy atom. The number of methoxy groups -OCH3 is 2. The lowest BCUT2D eigenvalue weighted by atomic mass is 9.99. The molecule has 0 radical (unpaired) electrons. The summed E-state index contributed by atoms with van der Waals surface area (Å²) in [5.74, 6) is 1.92. The predicted molar refractivity (Wildman–Crippen MR) is 96.3 cm³/mol. The van der Waals surface area contributed by atoms with Gasteiger partial charge in [-0.1, -0.05) is 0 Å². The molecule has 2 N–H and O–H groups in total. The van der Waals surface area contributed by atoms with Gasteiger partial charge in [0.05, 0.1) is 46.4 Å². The molecule has 2 aliphatic rings. The minimum atomic E-state index is 0.911.